The molecule has 1 aromatic heterocycles. The molecule has 1 aliphatic carbocycles. The highest BCUT2D eigenvalue weighted by Gasteiger charge is 2.30. The minimum atomic E-state index is -4.14. The van der Waals surface area contributed by atoms with E-state index in [9.17, 15) is 13.2 Å². The quantitative estimate of drug-likeness (QED) is 0.838. The van der Waals surface area contributed by atoms with Gasteiger partial charge in [-0.05, 0) is 37.2 Å². The fraction of sp³-hybridized carbons (Fsp3) is 0.923. The minimum Gasteiger partial charge on any atom is -0.296 e. The van der Waals surface area contributed by atoms with Crippen molar-refractivity contribution in [1.29, 1.82) is 0 Å². The van der Waals surface area contributed by atoms with Gasteiger partial charge in [-0.1, -0.05) is 19.3 Å². The number of tetrazole rings is 1. The molecule has 5 nitrogen and oxygen atoms in total. The van der Waals surface area contributed by atoms with Crippen LogP contribution in [0.25, 0.3) is 0 Å². The van der Waals surface area contributed by atoms with E-state index >= 15 is 0 Å². The molecular formula is C13H22F3N5. The van der Waals surface area contributed by atoms with Gasteiger partial charge in [0.25, 0.3) is 0 Å². The first kappa shape index (κ1) is 16.2. The number of nitrogens with zero attached hydrogens (tertiary/aromatic N) is 5. The van der Waals surface area contributed by atoms with Crippen LogP contribution in [-0.4, -0.2) is 44.9 Å². The maximum absolute atomic E-state index is 12.3. The predicted molar refractivity (Wildman–Crippen MR) is 71.7 cm³/mol. The van der Waals surface area contributed by atoms with Gasteiger partial charge in [0.1, 0.15) is 0 Å². The molecule has 1 saturated carbocycles. The summed E-state index contributed by atoms with van der Waals surface area (Å²) in [6.07, 6.45) is 0.662. The number of hydrogen-bond acceptors (Lipinski definition) is 4. The Hall–Kier alpha value is -1.18. The maximum Gasteiger partial charge on any atom is 0.390 e. The molecule has 0 aliphatic heterocycles. The van der Waals surface area contributed by atoms with Crippen molar-refractivity contribution < 1.29 is 13.2 Å². The van der Waals surface area contributed by atoms with Crippen LogP contribution in [0.1, 0.15) is 63.4 Å². The Bertz CT molecular complexity index is 439. The summed E-state index contributed by atoms with van der Waals surface area (Å²) < 4.78 is 38.8. The first-order valence-electron chi connectivity index (χ1n) is 7.43. The van der Waals surface area contributed by atoms with Crippen molar-refractivity contribution in [3.05, 3.63) is 5.82 Å². The molecule has 0 aromatic carbocycles. The normalized spacial score (nSPS) is 19.1. The van der Waals surface area contributed by atoms with Gasteiger partial charge in [0.15, 0.2) is 5.82 Å². The summed E-state index contributed by atoms with van der Waals surface area (Å²) in [5, 5.41) is 11.8. The van der Waals surface area contributed by atoms with Gasteiger partial charge in [0.05, 0.1) is 18.5 Å². The van der Waals surface area contributed by atoms with E-state index in [-0.39, 0.29) is 18.6 Å². The van der Waals surface area contributed by atoms with Crippen molar-refractivity contribution >= 4 is 0 Å². The summed E-state index contributed by atoms with van der Waals surface area (Å²) in [7, 11) is 1.68. The van der Waals surface area contributed by atoms with Gasteiger partial charge in [-0.3, -0.25) is 4.90 Å². The van der Waals surface area contributed by atoms with Crippen molar-refractivity contribution in [2.45, 2.75) is 63.7 Å². The van der Waals surface area contributed by atoms with Crippen molar-refractivity contribution in [2.24, 2.45) is 0 Å². The van der Waals surface area contributed by atoms with E-state index in [1.165, 1.54) is 6.42 Å². The molecule has 0 spiro atoms. The molecule has 0 saturated heterocycles. The minimum absolute atomic E-state index is 0.0534. The molecule has 1 aromatic rings. The number of halogens is 3. The van der Waals surface area contributed by atoms with Crippen LogP contribution in [0, 0.1) is 0 Å². The molecule has 0 radical (unpaired) electrons. The largest absolute Gasteiger partial charge is 0.390 e. The zero-order chi connectivity index (χ0) is 15.5. The molecule has 120 valence electrons. The SMILES string of the molecule is CC(c1nnnn1C1CCCCC1)N(C)CCC(F)(F)F. The lowest BCUT2D eigenvalue weighted by Gasteiger charge is -2.27. The van der Waals surface area contributed by atoms with Crippen LogP contribution in [0.5, 0.6) is 0 Å². The van der Waals surface area contributed by atoms with Crippen LogP contribution in [0.2, 0.25) is 0 Å². The van der Waals surface area contributed by atoms with E-state index in [4.69, 9.17) is 0 Å². The lowest BCUT2D eigenvalue weighted by Crippen LogP contribution is -2.30. The maximum atomic E-state index is 12.3. The summed E-state index contributed by atoms with van der Waals surface area (Å²) in [4.78, 5) is 1.65. The summed E-state index contributed by atoms with van der Waals surface area (Å²) in [6.45, 7) is 1.80. The van der Waals surface area contributed by atoms with Gasteiger partial charge >= 0.3 is 6.18 Å². The van der Waals surface area contributed by atoms with Gasteiger partial charge in [0, 0.05) is 6.54 Å². The Morgan fingerprint density at radius 2 is 1.95 bits per heavy atom. The molecule has 1 heterocycles. The average molecular weight is 305 g/mol. The number of aromatic nitrogens is 4. The first-order chi connectivity index (χ1) is 9.88. The molecule has 1 unspecified atom stereocenters. The Morgan fingerprint density at radius 1 is 1.29 bits per heavy atom. The standard InChI is InChI=1S/C13H22F3N5/c1-10(20(2)9-8-13(14,15)16)12-17-18-19-21(12)11-6-4-3-5-7-11/h10-11H,3-9H2,1-2H3. The monoisotopic (exact) mass is 305 g/mol. The third-order valence-electron chi connectivity index (χ3n) is 4.22. The number of alkyl halides is 3. The van der Waals surface area contributed by atoms with Crippen molar-refractivity contribution in [2.75, 3.05) is 13.6 Å². The molecule has 1 fully saturated rings. The number of rotatable bonds is 5. The van der Waals surface area contributed by atoms with E-state index < -0.39 is 12.6 Å². The molecule has 0 bridgehead atoms. The van der Waals surface area contributed by atoms with Gasteiger partial charge in [0.2, 0.25) is 0 Å². The Balaban J connectivity index is 2.02. The van der Waals surface area contributed by atoms with Gasteiger partial charge in [-0.25, -0.2) is 4.68 Å². The van der Waals surface area contributed by atoms with E-state index in [1.807, 2.05) is 11.6 Å². The molecule has 0 amide bonds. The lowest BCUT2D eigenvalue weighted by molar-refractivity contribution is -0.138. The van der Waals surface area contributed by atoms with Gasteiger partial charge < -0.3 is 0 Å². The summed E-state index contributed by atoms with van der Waals surface area (Å²) in [5.41, 5.74) is 0. The highest BCUT2D eigenvalue weighted by Crippen LogP contribution is 2.30. The smallest absolute Gasteiger partial charge is 0.296 e. The van der Waals surface area contributed by atoms with E-state index in [0.29, 0.717) is 5.82 Å². The van der Waals surface area contributed by atoms with Crippen LogP contribution in [0.4, 0.5) is 13.2 Å². The topological polar surface area (TPSA) is 46.8 Å². The van der Waals surface area contributed by atoms with E-state index in [2.05, 4.69) is 15.5 Å². The highest BCUT2D eigenvalue weighted by atomic mass is 19.4. The average Bonchev–Trinajstić information content (AvgIpc) is 2.93. The molecule has 1 aliphatic rings. The Labute approximate surface area is 122 Å². The second kappa shape index (κ2) is 6.72. The Kier molecular flexibility index (Phi) is 5.18. The second-order valence-electron chi connectivity index (χ2n) is 5.80. The highest BCUT2D eigenvalue weighted by molar-refractivity contribution is 4.93. The van der Waals surface area contributed by atoms with E-state index in [0.717, 1.165) is 25.7 Å². The molecular weight excluding hydrogens is 283 g/mol. The molecule has 8 heteroatoms. The summed E-state index contributed by atoms with van der Waals surface area (Å²) >= 11 is 0. The summed E-state index contributed by atoms with van der Waals surface area (Å²) in [5.74, 6) is 0.659. The van der Waals surface area contributed by atoms with Crippen molar-refractivity contribution in [3.8, 4) is 0 Å². The van der Waals surface area contributed by atoms with Gasteiger partial charge in [-0.15, -0.1) is 5.10 Å². The third kappa shape index (κ3) is 4.39. The van der Waals surface area contributed by atoms with E-state index in [1.54, 1.807) is 11.9 Å². The zero-order valence-corrected chi connectivity index (χ0v) is 12.5. The predicted octanol–water partition coefficient (Wildman–Crippen LogP) is 3.12. The first-order valence-corrected chi connectivity index (χ1v) is 7.43. The third-order valence-corrected chi connectivity index (χ3v) is 4.22. The van der Waals surface area contributed by atoms with Crippen LogP contribution < -0.4 is 0 Å². The Morgan fingerprint density at radius 3 is 2.57 bits per heavy atom. The van der Waals surface area contributed by atoms with Crippen LogP contribution >= 0.6 is 0 Å². The molecule has 0 N–H and O–H groups in total. The molecule has 21 heavy (non-hydrogen) atoms. The zero-order valence-electron chi connectivity index (χ0n) is 12.5. The van der Waals surface area contributed by atoms with Crippen LogP contribution in [0.3, 0.4) is 0 Å². The lowest BCUT2D eigenvalue weighted by atomic mass is 9.95. The van der Waals surface area contributed by atoms with Crippen LogP contribution in [0.15, 0.2) is 0 Å². The van der Waals surface area contributed by atoms with Gasteiger partial charge in [-0.2, -0.15) is 13.2 Å². The van der Waals surface area contributed by atoms with Crippen LogP contribution in [-0.2, 0) is 0 Å². The fourth-order valence-electron chi connectivity index (χ4n) is 2.76. The molecule has 2 rings (SSSR count). The molecule has 1 atom stereocenters. The fourth-order valence-corrected chi connectivity index (χ4v) is 2.76. The second-order valence-corrected chi connectivity index (χ2v) is 5.80. The van der Waals surface area contributed by atoms with Crippen molar-refractivity contribution in [3.63, 3.8) is 0 Å². The number of hydrogen-bond donors (Lipinski definition) is 0. The van der Waals surface area contributed by atoms with Crippen molar-refractivity contribution in [1.82, 2.24) is 25.1 Å². The summed E-state index contributed by atoms with van der Waals surface area (Å²) in [6, 6.07) is 0.0477.